The van der Waals surface area contributed by atoms with Gasteiger partial charge in [0.1, 0.15) is 0 Å². The second-order valence-corrected chi connectivity index (χ2v) is 6.85. The van der Waals surface area contributed by atoms with Crippen LogP contribution in [0.3, 0.4) is 0 Å². The minimum absolute atomic E-state index is 0. The van der Waals surface area contributed by atoms with Crippen LogP contribution in [0, 0.1) is 6.92 Å². The third-order valence-corrected chi connectivity index (χ3v) is 4.48. The van der Waals surface area contributed by atoms with E-state index in [1.165, 1.54) is 0 Å². The van der Waals surface area contributed by atoms with E-state index in [4.69, 9.17) is 4.74 Å². The van der Waals surface area contributed by atoms with Crippen molar-refractivity contribution in [3.8, 4) is 11.5 Å². The Kier molecular flexibility index (Phi) is 11.8. The van der Waals surface area contributed by atoms with Gasteiger partial charge in [-0.05, 0) is 26.8 Å². The SMILES string of the molecule is CCNC(=NCc1cccc(OCC)c1OC(F)F)NCCc1csc(C)n1.I. The van der Waals surface area contributed by atoms with Crippen LogP contribution in [-0.2, 0) is 13.0 Å². The fourth-order valence-electron chi connectivity index (χ4n) is 2.52. The molecule has 0 bridgehead atoms. The summed E-state index contributed by atoms with van der Waals surface area (Å²) in [6, 6.07) is 5.04. The zero-order chi connectivity index (χ0) is 20.4. The Hall–Kier alpha value is -1.69. The van der Waals surface area contributed by atoms with Crippen LogP contribution in [0.2, 0.25) is 0 Å². The zero-order valence-electron chi connectivity index (χ0n) is 16.7. The maximum atomic E-state index is 12.8. The number of aromatic nitrogens is 1. The molecule has 0 fully saturated rings. The highest BCUT2D eigenvalue weighted by Gasteiger charge is 2.15. The predicted molar refractivity (Wildman–Crippen MR) is 123 cm³/mol. The van der Waals surface area contributed by atoms with Crippen LogP contribution in [0.5, 0.6) is 11.5 Å². The minimum atomic E-state index is -2.93. The van der Waals surface area contributed by atoms with Gasteiger partial charge in [-0.15, -0.1) is 35.3 Å². The first-order chi connectivity index (χ1) is 13.5. The average Bonchev–Trinajstić information content (AvgIpc) is 3.06. The maximum Gasteiger partial charge on any atom is 0.387 e. The van der Waals surface area contributed by atoms with Gasteiger partial charge < -0.3 is 20.1 Å². The van der Waals surface area contributed by atoms with E-state index in [1.54, 1.807) is 36.5 Å². The number of ether oxygens (including phenoxy) is 2. The molecule has 0 spiro atoms. The lowest BCUT2D eigenvalue weighted by molar-refractivity contribution is -0.0520. The van der Waals surface area contributed by atoms with Crippen LogP contribution >= 0.6 is 35.3 Å². The first-order valence-electron chi connectivity index (χ1n) is 9.16. The summed E-state index contributed by atoms with van der Waals surface area (Å²) in [5, 5.41) is 9.45. The van der Waals surface area contributed by atoms with E-state index >= 15 is 0 Å². The molecule has 0 radical (unpaired) electrons. The number of hydrogen-bond acceptors (Lipinski definition) is 5. The van der Waals surface area contributed by atoms with E-state index in [0.717, 1.165) is 17.1 Å². The second kappa shape index (κ2) is 13.5. The van der Waals surface area contributed by atoms with Gasteiger partial charge >= 0.3 is 6.61 Å². The van der Waals surface area contributed by atoms with Gasteiger partial charge in [-0.3, -0.25) is 0 Å². The number of nitrogens with one attached hydrogen (secondary N) is 2. The van der Waals surface area contributed by atoms with E-state index in [9.17, 15) is 8.78 Å². The van der Waals surface area contributed by atoms with Gasteiger partial charge in [0.15, 0.2) is 17.5 Å². The summed E-state index contributed by atoms with van der Waals surface area (Å²) >= 11 is 1.62. The van der Waals surface area contributed by atoms with E-state index in [-0.39, 0.29) is 42.0 Å². The fourth-order valence-corrected chi connectivity index (χ4v) is 3.16. The van der Waals surface area contributed by atoms with E-state index in [1.807, 2.05) is 19.2 Å². The summed E-state index contributed by atoms with van der Waals surface area (Å²) in [5.74, 6) is 0.906. The normalized spacial score (nSPS) is 11.2. The van der Waals surface area contributed by atoms with Gasteiger partial charge in [-0.1, -0.05) is 12.1 Å². The van der Waals surface area contributed by atoms with Crippen LogP contribution < -0.4 is 20.1 Å². The molecule has 0 aliphatic carbocycles. The second-order valence-electron chi connectivity index (χ2n) is 5.79. The quantitative estimate of drug-likeness (QED) is 0.266. The van der Waals surface area contributed by atoms with E-state index in [0.29, 0.717) is 31.2 Å². The van der Waals surface area contributed by atoms with Gasteiger partial charge in [0.2, 0.25) is 0 Å². The number of guanidine groups is 1. The molecule has 10 heteroatoms. The maximum absolute atomic E-state index is 12.8. The van der Waals surface area contributed by atoms with Crippen molar-refractivity contribution in [1.29, 1.82) is 0 Å². The molecule has 0 saturated carbocycles. The summed E-state index contributed by atoms with van der Waals surface area (Å²) in [6.45, 7) is 4.66. The number of alkyl halides is 2. The molecule has 0 aliphatic rings. The van der Waals surface area contributed by atoms with Crippen molar-refractivity contribution in [2.45, 2.75) is 40.3 Å². The minimum Gasteiger partial charge on any atom is -0.490 e. The molecule has 2 aromatic rings. The van der Waals surface area contributed by atoms with Gasteiger partial charge in [0.05, 0.1) is 23.9 Å². The highest BCUT2D eigenvalue weighted by Crippen LogP contribution is 2.33. The Morgan fingerprint density at radius 1 is 1.28 bits per heavy atom. The molecule has 2 rings (SSSR count). The van der Waals surface area contributed by atoms with E-state index in [2.05, 4.69) is 25.3 Å². The highest BCUT2D eigenvalue weighted by molar-refractivity contribution is 14.0. The molecule has 1 aromatic heterocycles. The number of hydrogen-bond donors (Lipinski definition) is 2. The Labute approximate surface area is 191 Å². The standard InChI is InChI=1S/C19H26F2N4O2S.HI/c1-4-22-19(23-10-9-15-12-28-13(3)25-15)24-11-14-7-6-8-16(26-5-2)17(14)27-18(20)21;/h6-8,12,18H,4-5,9-11H2,1-3H3,(H2,22,23,24);1H. The largest absolute Gasteiger partial charge is 0.490 e. The number of aliphatic imine (C=N–C) groups is 1. The van der Waals surface area contributed by atoms with Crippen molar-refractivity contribution in [1.82, 2.24) is 15.6 Å². The van der Waals surface area contributed by atoms with Gasteiger partial charge in [0, 0.05) is 30.5 Å². The molecule has 29 heavy (non-hydrogen) atoms. The highest BCUT2D eigenvalue weighted by atomic mass is 127. The predicted octanol–water partition coefficient (Wildman–Crippen LogP) is 4.37. The fraction of sp³-hybridized carbons (Fsp3) is 0.474. The number of aryl methyl sites for hydroxylation is 1. The molecule has 162 valence electrons. The van der Waals surface area contributed by atoms with Crippen LogP contribution in [0.4, 0.5) is 8.78 Å². The number of halogens is 3. The van der Waals surface area contributed by atoms with E-state index < -0.39 is 6.61 Å². The lowest BCUT2D eigenvalue weighted by atomic mass is 10.2. The first kappa shape index (κ1) is 25.3. The Morgan fingerprint density at radius 2 is 2.07 bits per heavy atom. The van der Waals surface area contributed by atoms with Gasteiger partial charge in [-0.25, -0.2) is 9.98 Å². The molecule has 0 amide bonds. The smallest absolute Gasteiger partial charge is 0.387 e. The number of thiazole rings is 1. The van der Waals surface area contributed by atoms with Gasteiger partial charge in [0.25, 0.3) is 0 Å². The Morgan fingerprint density at radius 3 is 2.69 bits per heavy atom. The molecule has 0 unspecified atom stereocenters. The summed E-state index contributed by atoms with van der Waals surface area (Å²) in [7, 11) is 0. The number of benzene rings is 1. The summed E-state index contributed by atoms with van der Waals surface area (Å²) in [6.07, 6.45) is 0.772. The number of nitrogens with zero attached hydrogens (tertiary/aromatic N) is 2. The van der Waals surface area contributed by atoms with Crippen LogP contribution in [0.25, 0.3) is 0 Å². The zero-order valence-corrected chi connectivity index (χ0v) is 19.9. The number of rotatable bonds is 10. The first-order valence-corrected chi connectivity index (χ1v) is 10.0. The molecular formula is C19H27F2IN4O2S. The Balaban J connectivity index is 0.00000420. The van der Waals surface area contributed by atoms with Crippen molar-refractivity contribution in [2.24, 2.45) is 4.99 Å². The average molecular weight is 540 g/mol. The monoisotopic (exact) mass is 540 g/mol. The number of para-hydroxylation sites is 1. The van der Waals surface area contributed by atoms with Crippen molar-refractivity contribution in [3.05, 3.63) is 39.8 Å². The van der Waals surface area contributed by atoms with Crippen molar-refractivity contribution >= 4 is 41.3 Å². The summed E-state index contributed by atoms with van der Waals surface area (Å²) < 4.78 is 35.7. The summed E-state index contributed by atoms with van der Waals surface area (Å²) in [4.78, 5) is 8.92. The summed E-state index contributed by atoms with van der Waals surface area (Å²) in [5.41, 5.74) is 1.56. The van der Waals surface area contributed by atoms with Crippen LogP contribution in [-0.4, -0.2) is 37.3 Å². The molecule has 0 saturated heterocycles. The van der Waals surface area contributed by atoms with Crippen molar-refractivity contribution in [2.75, 3.05) is 19.7 Å². The molecule has 0 aliphatic heterocycles. The third kappa shape index (κ3) is 8.69. The van der Waals surface area contributed by atoms with Gasteiger partial charge in [-0.2, -0.15) is 8.78 Å². The molecule has 6 nitrogen and oxygen atoms in total. The van der Waals surface area contributed by atoms with Crippen LogP contribution in [0.15, 0.2) is 28.6 Å². The molecule has 1 heterocycles. The molecule has 0 atom stereocenters. The lowest BCUT2D eigenvalue weighted by Crippen LogP contribution is -2.38. The molecular weight excluding hydrogens is 513 g/mol. The lowest BCUT2D eigenvalue weighted by Gasteiger charge is -2.15. The van der Waals surface area contributed by atoms with Crippen molar-refractivity contribution in [3.63, 3.8) is 0 Å². The molecule has 1 aromatic carbocycles. The Bertz CT molecular complexity index is 774. The third-order valence-electron chi connectivity index (χ3n) is 3.66. The van der Waals surface area contributed by atoms with Crippen LogP contribution in [0.1, 0.15) is 30.1 Å². The topological polar surface area (TPSA) is 67.8 Å². The van der Waals surface area contributed by atoms with Crippen molar-refractivity contribution < 1.29 is 18.3 Å². The molecule has 2 N–H and O–H groups in total.